The van der Waals surface area contributed by atoms with Gasteiger partial charge in [-0.05, 0) is 54.6 Å². The number of fused-ring (bicyclic) bond motifs is 1. The van der Waals surface area contributed by atoms with Gasteiger partial charge in [0.15, 0.2) is 11.3 Å². The first-order valence-corrected chi connectivity index (χ1v) is 7.98. The minimum Gasteiger partial charge on any atom is -0.459 e. The van der Waals surface area contributed by atoms with Gasteiger partial charge < -0.3 is 19.5 Å². The van der Waals surface area contributed by atoms with E-state index in [0.717, 1.165) is 0 Å². The van der Waals surface area contributed by atoms with Crippen molar-refractivity contribution in [3.8, 4) is 0 Å². The SMILES string of the molecule is O=C(Nc1ccc2oc(=O)[nH]c2c1)c1ccc(NC(=O)c2ccco2)cc1. The van der Waals surface area contributed by atoms with Gasteiger partial charge in [-0.3, -0.25) is 14.6 Å². The largest absolute Gasteiger partial charge is 0.459 e. The number of oxazole rings is 1. The van der Waals surface area contributed by atoms with Gasteiger partial charge in [-0.15, -0.1) is 0 Å². The molecule has 0 saturated carbocycles. The van der Waals surface area contributed by atoms with Crippen LogP contribution in [-0.2, 0) is 0 Å². The second-order valence-corrected chi connectivity index (χ2v) is 5.69. The lowest BCUT2D eigenvalue weighted by atomic mass is 10.2. The first kappa shape index (κ1) is 16.4. The van der Waals surface area contributed by atoms with Crippen molar-refractivity contribution in [2.24, 2.45) is 0 Å². The number of aromatic nitrogens is 1. The Kier molecular flexibility index (Phi) is 4.06. The quantitative estimate of drug-likeness (QED) is 0.515. The maximum atomic E-state index is 12.4. The number of aromatic amines is 1. The number of carbonyl (C=O) groups is 2. The summed E-state index contributed by atoms with van der Waals surface area (Å²) in [7, 11) is 0. The molecule has 0 spiro atoms. The van der Waals surface area contributed by atoms with E-state index in [4.69, 9.17) is 8.83 Å². The second-order valence-electron chi connectivity index (χ2n) is 5.69. The first-order chi connectivity index (χ1) is 13.1. The van der Waals surface area contributed by atoms with Gasteiger partial charge in [-0.1, -0.05) is 0 Å². The summed E-state index contributed by atoms with van der Waals surface area (Å²) in [6.07, 6.45) is 1.42. The average molecular weight is 363 g/mol. The van der Waals surface area contributed by atoms with Gasteiger partial charge in [0.25, 0.3) is 11.8 Å². The number of nitrogens with one attached hydrogen (secondary N) is 3. The molecule has 8 heteroatoms. The van der Waals surface area contributed by atoms with E-state index in [-0.39, 0.29) is 17.6 Å². The Morgan fingerprint density at radius 3 is 2.37 bits per heavy atom. The molecule has 2 heterocycles. The fraction of sp³-hybridized carbons (Fsp3) is 0. The standard InChI is InChI=1S/C19H13N3O5/c23-17(21-13-7-8-15-14(10-13)22-19(25)27-15)11-3-5-12(6-4-11)20-18(24)16-2-1-9-26-16/h1-10H,(H,20,24)(H,21,23)(H,22,25). The van der Waals surface area contributed by atoms with Crippen LogP contribution in [0.3, 0.4) is 0 Å². The van der Waals surface area contributed by atoms with E-state index in [9.17, 15) is 14.4 Å². The molecule has 0 atom stereocenters. The van der Waals surface area contributed by atoms with Crippen molar-refractivity contribution < 1.29 is 18.4 Å². The lowest BCUT2D eigenvalue weighted by molar-refractivity contribution is 0.0995. The van der Waals surface area contributed by atoms with Crippen LogP contribution in [0.4, 0.5) is 11.4 Å². The predicted molar refractivity (Wildman–Crippen MR) is 97.9 cm³/mol. The van der Waals surface area contributed by atoms with Crippen LogP contribution in [0.2, 0.25) is 0 Å². The number of hydrogen-bond acceptors (Lipinski definition) is 5. The highest BCUT2D eigenvalue weighted by Crippen LogP contribution is 2.18. The maximum Gasteiger partial charge on any atom is 0.417 e. The number of benzene rings is 2. The number of H-pyrrole nitrogens is 1. The Morgan fingerprint density at radius 2 is 1.63 bits per heavy atom. The number of hydrogen-bond donors (Lipinski definition) is 3. The zero-order valence-electron chi connectivity index (χ0n) is 13.8. The van der Waals surface area contributed by atoms with Gasteiger partial charge >= 0.3 is 5.76 Å². The number of carbonyl (C=O) groups excluding carboxylic acids is 2. The van der Waals surface area contributed by atoms with E-state index < -0.39 is 5.76 Å². The van der Waals surface area contributed by atoms with Crippen LogP contribution in [0.5, 0.6) is 0 Å². The lowest BCUT2D eigenvalue weighted by Gasteiger charge is -2.07. The molecule has 0 aliphatic heterocycles. The van der Waals surface area contributed by atoms with Gasteiger partial charge in [0.1, 0.15) is 0 Å². The average Bonchev–Trinajstić information content (AvgIpc) is 3.30. The van der Waals surface area contributed by atoms with Crippen LogP contribution < -0.4 is 16.4 Å². The highest BCUT2D eigenvalue weighted by molar-refractivity contribution is 6.06. The molecule has 0 fully saturated rings. The molecule has 2 amide bonds. The lowest BCUT2D eigenvalue weighted by Crippen LogP contribution is -2.13. The van der Waals surface area contributed by atoms with Gasteiger partial charge in [-0.25, -0.2) is 4.79 Å². The monoisotopic (exact) mass is 363 g/mol. The highest BCUT2D eigenvalue weighted by Gasteiger charge is 2.11. The summed E-state index contributed by atoms with van der Waals surface area (Å²) in [6.45, 7) is 0. The van der Waals surface area contributed by atoms with Crippen LogP contribution in [0.15, 0.2) is 74.5 Å². The van der Waals surface area contributed by atoms with Crippen molar-refractivity contribution in [3.05, 3.63) is 82.7 Å². The topological polar surface area (TPSA) is 117 Å². The number of rotatable bonds is 4. The Morgan fingerprint density at radius 1 is 0.889 bits per heavy atom. The Labute approximate surface area is 151 Å². The minimum atomic E-state index is -0.555. The summed E-state index contributed by atoms with van der Waals surface area (Å²) in [6, 6.07) is 14.4. The molecule has 0 aliphatic carbocycles. The molecule has 2 aromatic carbocycles. The van der Waals surface area contributed by atoms with Gasteiger partial charge in [-0.2, -0.15) is 0 Å². The van der Waals surface area contributed by atoms with Crippen molar-refractivity contribution in [1.82, 2.24) is 4.98 Å². The molecule has 4 rings (SSSR count). The van der Waals surface area contributed by atoms with Crippen LogP contribution in [0.25, 0.3) is 11.1 Å². The van der Waals surface area contributed by atoms with Crippen LogP contribution >= 0.6 is 0 Å². The number of furan rings is 1. The van der Waals surface area contributed by atoms with Crippen molar-refractivity contribution in [3.63, 3.8) is 0 Å². The molecule has 134 valence electrons. The second kappa shape index (κ2) is 6.68. The summed E-state index contributed by atoms with van der Waals surface area (Å²) < 4.78 is 9.94. The maximum absolute atomic E-state index is 12.4. The van der Waals surface area contributed by atoms with E-state index in [1.165, 1.54) is 6.26 Å². The minimum absolute atomic E-state index is 0.199. The summed E-state index contributed by atoms with van der Waals surface area (Å²) in [4.78, 5) is 38.0. The molecule has 4 aromatic rings. The third kappa shape index (κ3) is 3.49. The van der Waals surface area contributed by atoms with Crippen molar-refractivity contribution in [2.75, 3.05) is 10.6 Å². The molecule has 27 heavy (non-hydrogen) atoms. The fourth-order valence-electron chi connectivity index (χ4n) is 2.54. The molecule has 0 saturated heterocycles. The van der Waals surface area contributed by atoms with Crippen LogP contribution in [0.1, 0.15) is 20.9 Å². The van der Waals surface area contributed by atoms with Crippen molar-refractivity contribution >= 4 is 34.3 Å². The van der Waals surface area contributed by atoms with Crippen LogP contribution in [-0.4, -0.2) is 16.8 Å². The molecule has 0 radical (unpaired) electrons. The molecule has 3 N–H and O–H groups in total. The van der Waals surface area contributed by atoms with Crippen molar-refractivity contribution in [1.29, 1.82) is 0 Å². The molecule has 0 unspecified atom stereocenters. The molecule has 8 nitrogen and oxygen atoms in total. The van der Waals surface area contributed by atoms with Gasteiger partial charge in [0, 0.05) is 16.9 Å². The summed E-state index contributed by atoms with van der Waals surface area (Å²) in [5.74, 6) is -1.06. The van der Waals surface area contributed by atoms with Gasteiger partial charge in [0.05, 0.1) is 11.8 Å². The Hall–Kier alpha value is -4.07. The first-order valence-electron chi connectivity index (χ1n) is 7.98. The molecule has 2 aromatic heterocycles. The summed E-state index contributed by atoms with van der Waals surface area (Å²) in [5, 5.41) is 5.41. The van der Waals surface area contributed by atoms with E-state index in [2.05, 4.69) is 15.6 Å². The van der Waals surface area contributed by atoms with Crippen LogP contribution in [0, 0.1) is 0 Å². The molecule has 0 aliphatic rings. The highest BCUT2D eigenvalue weighted by atomic mass is 16.4. The summed E-state index contributed by atoms with van der Waals surface area (Å²) >= 11 is 0. The number of anilines is 2. The Bertz CT molecular complexity index is 1170. The predicted octanol–water partition coefficient (Wildman–Crippen LogP) is 3.22. The third-order valence-corrected chi connectivity index (χ3v) is 3.83. The van der Waals surface area contributed by atoms with E-state index in [1.807, 2.05) is 0 Å². The molecular formula is C19H13N3O5. The Balaban J connectivity index is 1.45. The fourth-order valence-corrected chi connectivity index (χ4v) is 2.54. The zero-order valence-corrected chi connectivity index (χ0v) is 13.8. The van der Waals surface area contributed by atoms with E-state index in [1.54, 1.807) is 54.6 Å². The summed E-state index contributed by atoms with van der Waals surface area (Å²) in [5.41, 5.74) is 2.36. The number of amides is 2. The third-order valence-electron chi connectivity index (χ3n) is 3.83. The zero-order chi connectivity index (χ0) is 18.8. The van der Waals surface area contributed by atoms with E-state index >= 15 is 0 Å². The van der Waals surface area contributed by atoms with Crippen molar-refractivity contribution in [2.45, 2.75) is 0 Å². The molecular weight excluding hydrogens is 350 g/mol. The molecule has 0 bridgehead atoms. The normalized spacial score (nSPS) is 10.7. The smallest absolute Gasteiger partial charge is 0.417 e. The van der Waals surface area contributed by atoms with Gasteiger partial charge in [0.2, 0.25) is 0 Å². The van der Waals surface area contributed by atoms with E-state index in [0.29, 0.717) is 28.0 Å².